The third-order valence-electron chi connectivity index (χ3n) is 2.29. The zero-order valence-corrected chi connectivity index (χ0v) is 10.1. The normalized spacial score (nSPS) is 21.4. The number of amides is 1. The van der Waals surface area contributed by atoms with E-state index in [1.807, 2.05) is 0 Å². The summed E-state index contributed by atoms with van der Waals surface area (Å²) in [5.41, 5.74) is -0.640. The fourth-order valence-corrected chi connectivity index (χ4v) is 1.61. The molecule has 94 valence electrons. The number of halogens is 2. The Balaban J connectivity index is 2.61. The van der Waals surface area contributed by atoms with Crippen LogP contribution < -0.4 is 0 Å². The van der Waals surface area contributed by atoms with Gasteiger partial charge in [-0.2, -0.15) is 0 Å². The van der Waals surface area contributed by atoms with E-state index >= 15 is 0 Å². The Morgan fingerprint density at radius 1 is 1.31 bits per heavy atom. The highest BCUT2D eigenvalue weighted by Gasteiger charge is 2.36. The Labute approximate surface area is 94.7 Å². The summed E-state index contributed by atoms with van der Waals surface area (Å²) in [6.45, 7) is 5.00. The van der Waals surface area contributed by atoms with Crippen molar-refractivity contribution in [1.29, 1.82) is 0 Å². The molecule has 1 aliphatic heterocycles. The van der Waals surface area contributed by atoms with Gasteiger partial charge in [-0.05, 0) is 33.6 Å². The maximum absolute atomic E-state index is 13.3. The number of hydrogen-bond donors (Lipinski definition) is 0. The number of ether oxygens (including phenoxy) is 1. The largest absolute Gasteiger partial charge is 0.444 e. The van der Waals surface area contributed by atoms with Gasteiger partial charge in [0.2, 0.25) is 0 Å². The molecule has 0 bridgehead atoms. The first-order chi connectivity index (χ1) is 7.20. The molecule has 1 saturated heterocycles. The topological polar surface area (TPSA) is 29.5 Å². The summed E-state index contributed by atoms with van der Waals surface area (Å²) in [7, 11) is 0. The average molecular weight is 235 g/mol. The Kier molecular flexibility index (Phi) is 3.76. The van der Waals surface area contributed by atoms with Crippen LogP contribution in [0.25, 0.3) is 0 Å². The lowest BCUT2D eigenvalue weighted by Gasteiger charge is -2.28. The van der Waals surface area contributed by atoms with Gasteiger partial charge < -0.3 is 9.64 Å². The zero-order chi connectivity index (χ0) is 12.4. The molecule has 0 aromatic heterocycles. The predicted octanol–water partition coefficient (Wildman–Crippen LogP) is 3.04. The van der Waals surface area contributed by atoms with Crippen LogP contribution in [0.1, 0.15) is 40.0 Å². The summed E-state index contributed by atoms with van der Waals surface area (Å²) < 4.78 is 31.6. The highest BCUT2D eigenvalue weighted by molar-refractivity contribution is 5.68. The molecule has 0 unspecified atom stereocenters. The van der Waals surface area contributed by atoms with Gasteiger partial charge >= 0.3 is 6.09 Å². The van der Waals surface area contributed by atoms with Crippen LogP contribution in [0.4, 0.5) is 13.6 Å². The van der Waals surface area contributed by atoms with E-state index in [0.29, 0.717) is 19.4 Å². The minimum Gasteiger partial charge on any atom is -0.444 e. The summed E-state index contributed by atoms with van der Waals surface area (Å²) in [4.78, 5) is 12.7. The Morgan fingerprint density at radius 3 is 2.50 bits per heavy atom. The number of rotatable bonds is 0. The van der Waals surface area contributed by atoms with E-state index in [-0.39, 0.29) is 6.42 Å². The van der Waals surface area contributed by atoms with Crippen molar-refractivity contribution in [2.45, 2.75) is 51.6 Å². The van der Waals surface area contributed by atoms with Gasteiger partial charge in [-0.25, -0.2) is 13.6 Å². The minimum atomic E-state index is -2.78. The number of hydrogen-bond acceptors (Lipinski definition) is 2. The van der Waals surface area contributed by atoms with Crippen LogP contribution in [0.3, 0.4) is 0 Å². The third-order valence-corrected chi connectivity index (χ3v) is 2.29. The summed E-state index contributed by atoms with van der Waals surface area (Å²) in [5.74, 6) is -2.78. The van der Waals surface area contributed by atoms with Crippen LogP contribution in [-0.4, -0.2) is 35.6 Å². The van der Waals surface area contributed by atoms with Crippen molar-refractivity contribution >= 4 is 6.09 Å². The van der Waals surface area contributed by atoms with Gasteiger partial charge in [-0.3, -0.25) is 0 Å². The number of alkyl halides is 2. The van der Waals surface area contributed by atoms with E-state index < -0.39 is 24.2 Å². The Morgan fingerprint density at radius 2 is 1.94 bits per heavy atom. The molecule has 3 nitrogen and oxygen atoms in total. The molecule has 0 aromatic carbocycles. The molecule has 1 amide bonds. The molecule has 0 saturated carbocycles. The smallest absolute Gasteiger partial charge is 0.410 e. The Hall–Kier alpha value is -0.870. The summed E-state index contributed by atoms with van der Waals surface area (Å²) in [6, 6.07) is 0. The molecule has 1 aliphatic rings. The lowest BCUT2D eigenvalue weighted by Crippen LogP contribution is -2.42. The highest BCUT2D eigenvalue weighted by atomic mass is 19.3. The van der Waals surface area contributed by atoms with E-state index in [9.17, 15) is 13.6 Å². The van der Waals surface area contributed by atoms with Crippen molar-refractivity contribution in [3.63, 3.8) is 0 Å². The van der Waals surface area contributed by atoms with E-state index in [1.54, 1.807) is 20.8 Å². The highest BCUT2D eigenvalue weighted by Crippen LogP contribution is 2.26. The average Bonchev–Trinajstić information content (AvgIpc) is 2.23. The van der Waals surface area contributed by atoms with Crippen molar-refractivity contribution in [2.24, 2.45) is 0 Å². The number of likely N-dealkylation sites (tertiary alicyclic amines) is 1. The molecular formula is C11H19F2NO2. The van der Waals surface area contributed by atoms with E-state index in [0.717, 1.165) is 4.90 Å². The molecule has 0 atom stereocenters. The fraction of sp³-hybridized carbons (Fsp3) is 0.909. The molecule has 0 aromatic rings. The maximum atomic E-state index is 13.3. The standard InChI is InChI=1S/C11H19F2NO2/c1-10(2,3)16-9(15)14-7-5-4-6-11(12,13)8-14/h4-8H2,1-3H3. The molecule has 0 spiro atoms. The first kappa shape index (κ1) is 13.2. The second-order valence-electron chi connectivity index (χ2n) is 5.21. The van der Waals surface area contributed by atoms with E-state index in [4.69, 9.17) is 4.74 Å². The van der Waals surface area contributed by atoms with Crippen LogP contribution in [0.2, 0.25) is 0 Å². The molecular weight excluding hydrogens is 216 g/mol. The third kappa shape index (κ3) is 4.33. The van der Waals surface area contributed by atoms with E-state index in [2.05, 4.69) is 0 Å². The first-order valence-electron chi connectivity index (χ1n) is 5.55. The van der Waals surface area contributed by atoms with Gasteiger partial charge in [0.1, 0.15) is 5.60 Å². The lowest BCUT2D eigenvalue weighted by atomic mass is 10.2. The van der Waals surface area contributed by atoms with Gasteiger partial charge in [0.25, 0.3) is 5.92 Å². The van der Waals surface area contributed by atoms with Gasteiger partial charge in [-0.1, -0.05) is 0 Å². The molecule has 1 fully saturated rings. The SMILES string of the molecule is CC(C)(C)OC(=O)N1CCCCC(F)(F)C1. The van der Waals surface area contributed by atoms with Gasteiger partial charge in [0.15, 0.2) is 0 Å². The predicted molar refractivity (Wildman–Crippen MR) is 56.6 cm³/mol. The molecule has 0 aliphatic carbocycles. The number of carbonyl (C=O) groups is 1. The lowest BCUT2D eigenvalue weighted by molar-refractivity contribution is -0.0388. The summed E-state index contributed by atoms with van der Waals surface area (Å²) in [5, 5.41) is 0. The van der Waals surface area contributed by atoms with Crippen molar-refractivity contribution in [2.75, 3.05) is 13.1 Å². The van der Waals surface area contributed by atoms with Crippen LogP contribution in [0.5, 0.6) is 0 Å². The molecule has 1 rings (SSSR count). The maximum Gasteiger partial charge on any atom is 0.410 e. The summed E-state index contributed by atoms with van der Waals surface area (Å²) >= 11 is 0. The van der Waals surface area contributed by atoms with Crippen LogP contribution in [0.15, 0.2) is 0 Å². The summed E-state index contributed by atoms with van der Waals surface area (Å²) in [6.07, 6.45) is 0.266. The molecule has 0 radical (unpaired) electrons. The second kappa shape index (κ2) is 4.55. The first-order valence-corrected chi connectivity index (χ1v) is 5.55. The number of carbonyl (C=O) groups excluding carboxylic acids is 1. The number of nitrogens with zero attached hydrogens (tertiary/aromatic N) is 1. The van der Waals surface area contributed by atoms with Crippen molar-refractivity contribution < 1.29 is 18.3 Å². The minimum absolute atomic E-state index is 0.147. The van der Waals surface area contributed by atoms with Crippen LogP contribution >= 0.6 is 0 Å². The van der Waals surface area contributed by atoms with Gasteiger partial charge in [0.05, 0.1) is 6.54 Å². The second-order valence-corrected chi connectivity index (χ2v) is 5.21. The van der Waals surface area contributed by atoms with Gasteiger partial charge in [0, 0.05) is 13.0 Å². The van der Waals surface area contributed by atoms with Crippen molar-refractivity contribution in [1.82, 2.24) is 4.90 Å². The fourth-order valence-electron chi connectivity index (χ4n) is 1.61. The molecule has 5 heteroatoms. The van der Waals surface area contributed by atoms with Crippen LogP contribution in [0, 0.1) is 0 Å². The Bertz CT molecular complexity index is 261. The van der Waals surface area contributed by atoms with Crippen LogP contribution in [-0.2, 0) is 4.74 Å². The zero-order valence-electron chi connectivity index (χ0n) is 10.1. The molecule has 0 N–H and O–H groups in total. The molecule has 1 heterocycles. The van der Waals surface area contributed by atoms with E-state index in [1.165, 1.54) is 0 Å². The van der Waals surface area contributed by atoms with Gasteiger partial charge in [-0.15, -0.1) is 0 Å². The van der Waals surface area contributed by atoms with Crippen molar-refractivity contribution in [3.05, 3.63) is 0 Å². The van der Waals surface area contributed by atoms with Crippen molar-refractivity contribution in [3.8, 4) is 0 Å². The molecule has 16 heavy (non-hydrogen) atoms. The monoisotopic (exact) mass is 235 g/mol. The quantitative estimate of drug-likeness (QED) is 0.646.